The minimum Gasteiger partial charge on any atom is -0.477 e. The van der Waals surface area contributed by atoms with E-state index < -0.39 is 18.1 Å². The van der Waals surface area contributed by atoms with Crippen LogP contribution in [0, 0.1) is 0 Å². The number of rotatable bonds is 45. The van der Waals surface area contributed by atoms with Gasteiger partial charge in [0.2, 0.25) is 0 Å². The topological polar surface area (TPSA) is 99.1 Å². The summed E-state index contributed by atoms with van der Waals surface area (Å²) in [5.74, 6) is -1.48. The van der Waals surface area contributed by atoms with E-state index in [0.29, 0.717) is 19.3 Å². The number of aliphatic carboxylic acids is 1. The van der Waals surface area contributed by atoms with Crippen LogP contribution >= 0.6 is 0 Å². The number of carbonyl (C=O) groups excluding carboxylic acids is 2. The highest BCUT2D eigenvalue weighted by molar-refractivity contribution is 5.72. The van der Waals surface area contributed by atoms with Gasteiger partial charge in [-0.1, -0.05) is 183 Å². The number of carbonyl (C=O) groups is 3. The monoisotopic (exact) mass is 883 g/mol. The summed E-state index contributed by atoms with van der Waals surface area (Å²) in [5, 5.41) is 9.66. The fourth-order valence-electron chi connectivity index (χ4n) is 7.24. The number of esters is 2. The lowest BCUT2D eigenvalue weighted by Gasteiger charge is -2.31. The molecule has 0 aliphatic rings. The second kappa shape index (κ2) is 45.3. The lowest BCUT2D eigenvalue weighted by atomic mass is 10.0. The predicted molar refractivity (Wildman–Crippen MR) is 266 cm³/mol. The number of unbranched alkanes of at least 4 members (excludes halogenated alkanes) is 19. The zero-order chi connectivity index (χ0) is 46.3. The molecule has 2 atom stereocenters. The summed E-state index contributed by atoms with van der Waals surface area (Å²) in [6.45, 7) is 4.52. The molecule has 0 saturated heterocycles. The molecule has 0 aliphatic carbocycles. The van der Waals surface area contributed by atoms with E-state index in [9.17, 15) is 19.5 Å². The van der Waals surface area contributed by atoms with Gasteiger partial charge in [-0.3, -0.25) is 9.59 Å². The van der Waals surface area contributed by atoms with Crippen molar-refractivity contribution in [2.75, 3.05) is 41.0 Å². The Balaban J connectivity index is 4.26. The van der Waals surface area contributed by atoms with Gasteiger partial charge >= 0.3 is 17.9 Å². The van der Waals surface area contributed by atoms with E-state index in [4.69, 9.17) is 14.2 Å². The number of carboxylic acid groups (broad SMARTS) is 1. The molecule has 8 heteroatoms. The third kappa shape index (κ3) is 43.8. The lowest BCUT2D eigenvalue weighted by molar-refractivity contribution is -0.887. The zero-order valence-electron chi connectivity index (χ0n) is 41.3. The van der Waals surface area contributed by atoms with Crippen LogP contribution in [0.5, 0.6) is 0 Å². The molecule has 0 fully saturated rings. The maximum absolute atomic E-state index is 12.8. The number of quaternary nitrogens is 1. The van der Waals surface area contributed by atoms with Gasteiger partial charge in [-0.25, -0.2) is 4.79 Å². The Morgan fingerprint density at radius 1 is 0.476 bits per heavy atom. The summed E-state index contributed by atoms with van der Waals surface area (Å²) >= 11 is 0. The van der Waals surface area contributed by atoms with Gasteiger partial charge < -0.3 is 23.8 Å². The maximum atomic E-state index is 12.8. The molecule has 0 rings (SSSR count). The van der Waals surface area contributed by atoms with Crippen LogP contribution < -0.4 is 0 Å². The molecule has 0 heterocycles. The van der Waals surface area contributed by atoms with Crippen molar-refractivity contribution in [1.29, 1.82) is 0 Å². The molecule has 0 bridgehead atoms. The Hall–Kier alpha value is -3.23. The van der Waals surface area contributed by atoms with Gasteiger partial charge in [-0.15, -0.1) is 0 Å². The molecule has 362 valence electrons. The summed E-state index contributed by atoms with van der Waals surface area (Å²) < 4.78 is 17.4. The number of hydrogen-bond acceptors (Lipinski definition) is 6. The van der Waals surface area contributed by atoms with Crippen LogP contribution in [0.3, 0.4) is 0 Å². The third-order valence-corrected chi connectivity index (χ3v) is 11.1. The fourth-order valence-corrected chi connectivity index (χ4v) is 7.24. The Morgan fingerprint density at radius 3 is 1.24 bits per heavy atom. The van der Waals surface area contributed by atoms with Crippen molar-refractivity contribution in [3.63, 3.8) is 0 Å². The van der Waals surface area contributed by atoms with Crippen molar-refractivity contribution in [2.24, 2.45) is 0 Å². The van der Waals surface area contributed by atoms with E-state index in [-0.39, 0.29) is 36.2 Å². The number of carboxylic acids is 1. The number of nitrogens with zero attached hydrogens (tertiary/aromatic N) is 1. The van der Waals surface area contributed by atoms with Crippen LogP contribution in [0.25, 0.3) is 0 Å². The minimum atomic E-state index is -0.877. The van der Waals surface area contributed by atoms with Gasteiger partial charge in [0.05, 0.1) is 34.4 Å². The lowest BCUT2D eigenvalue weighted by Crippen LogP contribution is -2.50. The first-order valence-electron chi connectivity index (χ1n) is 25.5. The molecule has 63 heavy (non-hydrogen) atoms. The fraction of sp³-hybridized carbons (Fsp3) is 0.727. The Labute approximate surface area is 387 Å². The summed E-state index contributed by atoms with van der Waals surface area (Å²) in [4.78, 5) is 37.2. The summed E-state index contributed by atoms with van der Waals surface area (Å²) in [6, 6.07) is -0.619. The van der Waals surface area contributed by atoms with Crippen LogP contribution in [0.4, 0.5) is 0 Å². The van der Waals surface area contributed by atoms with E-state index >= 15 is 0 Å². The molecule has 0 saturated carbocycles. The van der Waals surface area contributed by atoms with Crippen molar-refractivity contribution in [3.8, 4) is 0 Å². The second-order valence-electron chi connectivity index (χ2n) is 18.0. The van der Waals surface area contributed by atoms with Gasteiger partial charge in [0.1, 0.15) is 6.61 Å². The first-order valence-corrected chi connectivity index (χ1v) is 25.5. The van der Waals surface area contributed by atoms with Gasteiger partial charge in [0.25, 0.3) is 0 Å². The molecule has 0 aromatic heterocycles. The largest absolute Gasteiger partial charge is 0.477 e. The van der Waals surface area contributed by atoms with Gasteiger partial charge in [0.15, 0.2) is 12.1 Å². The number of ether oxygens (including phenoxy) is 3. The second-order valence-corrected chi connectivity index (χ2v) is 18.0. The highest BCUT2D eigenvalue weighted by Gasteiger charge is 2.31. The van der Waals surface area contributed by atoms with Crippen molar-refractivity contribution < 1.29 is 38.2 Å². The average Bonchev–Trinajstić information content (AvgIpc) is 3.24. The number of hydrogen-bond donors (Lipinski definition) is 1. The molecule has 0 amide bonds. The van der Waals surface area contributed by atoms with Gasteiger partial charge in [-0.2, -0.15) is 0 Å². The molecule has 8 nitrogen and oxygen atoms in total. The minimum absolute atomic E-state index is 0.0555. The highest BCUT2D eigenvalue weighted by atomic mass is 16.6. The van der Waals surface area contributed by atoms with Crippen LogP contribution in [-0.4, -0.2) is 80.6 Å². The molecule has 0 aromatic carbocycles. The van der Waals surface area contributed by atoms with Crippen LogP contribution in [-0.2, 0) is 28.6 Å². The van der Waals surface area contributed by atoms with E-state index in [0.717, 1.165) is 83.5 Å². The molecule has 0 aromatic rings. The molecular weight excluding hydrogens is 787 g/mol. The first-order chi connectivity index (χ1) is 30.6. The Bertz CT molecular complexity index is 1260. The number of allylic oxidation sites excluding steroid dienone is 12. The number of likely N-dealkylation sites (N-methyl/N-ethyl adjacent to an activating group) is 1. The standard InChI is InChI=1S/C55H95NO7/c1-6-8-10-12-14-16-18-20-22-24-26-28-30-32-34-36-38-40-42-44-46-54(58)63-51(49-61-48-47-52(55(59)60)56(3,4)5)50-62-53(57)45-43-41-39-37-35-33-31-29-27-25-23-21-19-17-15-13-11-9-7-2/h8-11,14-17,20-23,51-52H,6-7,12-13,18-19,24-50H2,1-5H3/p+1/b10-8+,11-9+,16-14+,17-15+,22-20+,23-21+. The third-order valence-electron chi connectivity index (χ3n) is 11.1. The summed E-state index contributed by atoms with van der Waals surface area (Å²) in [6.07, 6.45) is 58.0. The van der Waals surface area contributed by atoms with Crippen molar-refractivity contribution in [1.82, 2.24) is 0 Å². The SMILES string of the molecule is CC/C=C/C/C=C/C/C=C/CCCCCCCCCCCCC(=O)OC(COCCC(C(=O)O)[N+](C)(C)C)COC(=O)CCCCCCCCCCC/C=C/C/C=C/C/C=C/CC. The van der Waals surface area contributed by atoms with Crippen LogP contribution in [0.2, 0.25) is 0 Å². The maximum Gasteiger partial charge on any atom is 0.362 e. The summed E-state index contributed by atoms with van der Waals surface area (Å²) in [5.41, 5.74) is 0. The highest BCUT2D eigenvalue weighted by Crippen LogP contribution is 2.15. The van der Waals surface area contributed by atoms with E-state index in [2.05, 4.69) is 86.8 Å². The van der Waals surface area contributed by atoms with Gasteiger partial charge in [0, 0.05) is 19.3 Å². The van der Waals surface area contributed by atoms with E-state index in [1.165, 1.54) is 89.9 Å². The molecular formula is C55H96NO7+. The molecule has 2 unspecified atom stereocenters. The van der Waals surface area contributed by atoms with E-state index in [1.807, 2.05) is 21.1 Å². The Morgan fingerprint density at radius 2 is 0.841 bits per heavy atom. The van der Waals surface area contributed by atoms with Crippen molar-refractivity contribution >= 4 is 17.9 Å². The van der Waals surface area contributed by atoms with Crippen molar-refractivity contribution in [2.45, 2.75) is 219 Å². The Kier molecular flexibility index (Phi) is 43.0. The average molecular weight is 883 g/mol. The normalized spacial score (nSPS) is 13.5. The van der Waals surface area contributed by atoms with Crippen molar-refractivity contribution in [3.05, 3.63) is 72.9 Å². The molecule has 0 spiro atoms. The molecule has 0 aliphatic heterocycles. The predicted octanol–water partition coefficient (Wildman–Crippen LogP) is 14.7. The van der Waals surface area contributed by atoms with Crippen LogP contribution in [0.1, 0.15) is 206 Å². The zero-order valence-corrected chi connectivity index (χ0v) is 41.3. The van der Waals surface area contributed by atoms with E-state index in [1.54, 1.807) is 0 Å². The quantitative estimate of drug-likeness (QED) is 0.0281. The molecule has 0 radical (unpaired) electrons. The van der Waals surface area contributed by atoms with Crippen LogP contribution in [0.15, 0.2) is 72.9 Å². The first kappa shape index (κ1) is 59.8. The molecule has 1 N–H and O–H groups in total. The smallest absolute Gasteiger partial charge is 0.362 e. The van der Waals surface area contributed by atoms with Gasteiger partial charge in [-0.05, 0) is 77.0 Å². The summed E-state index contributed by atoms with van der Waals surface area (Å²) in [7, 11) is 5.53.